The number of phosphoric acid groups is 4. The number of ether oxygens (including phenoxy) is 9. The van der Waals surface area contributed by atoms with Crippen LogP contribution in [0.5, 0.6) is 0 Å². The van der Waals surface area contributed by atoms with Crippen LogP contribution in [-0.2, 0) is 116 Å². The van der Waals surface area contributed by atoms with E-state index in [4.69, 9.17) is 110 Å². The van der Waals surface area contributed by atoms with Crippen LogP contribution in [0.15, 0.2) is 118 Å². The number of aliphatic hydroxyl groups is 2. The van der Waals surface area contributed by atoms with Crippen LogP contribution in [0.25, 0.3) is 43.2 Å². The van der Waals surface area contributed by atoms with Crippen LogP contribution in [0.2, 0.25) is 0 Å². The maximum atomic E-state index is 14.1. The standard InChI is InChI=1S/C38H51N13O18P2.C33H43N13O16P2.C2HF3O2/c1-38(2,3)68-37(56)46-22(6-4-5-12-42-36(55)62-15-20-7-9-21(10-8-20)48-49-41)34(53)67-30-25(66-33(29(30)52)51-19-45-28-31(40)43-18-44-32(28)51)17-64-71(60,61)69-23-14-27(50-13-11-26(39)47-35(50)54)65-24(23)16-63-70(57,58)59;34-19(3-1-2-9-38-33(50)56-12-17-4-6-18(7-5-17)43-44-37)31(48)61-27-22(60-30(26(27)47)46-16-41-25-28(36)39-15-40-29(25)46)14-58-64(54,55)62-20-11-24(45-10-8-23(35)42-32(45)49)59-21(20)13-57-63(51,52)53;3-2(4,5)1(6)7/h7-11,13,18-19,22-25,27,29-30,33,52H,4-6,12,14-17H2,1-3H3,(H,42,55)(H,46,56)(H,60,61)(H2,39,47,54)(H2,40,43,44)(H2,57,58,59);4-8,10,15-16,19-22,24,26-27,30,47H,1-3,9,11-14,34H2,(H,38,50)(H,54,55)(H2,35,42,49)(H2,36,39,40)(H2,51,52,53);(H,6,7)/t22-,23-,24+,25+,27+,29+,30+,33+;19-,20-,21+,22+,24+,26+,27+,30+;/m00./s1. The first-order valence-corrected chi connectivity index (χ1v) is 47.7. The summed E-state index contributed by atoms with van der Waals surface area (Å²) in [5.41, 5.74) is 46.0. The van der Waals surface area contributed by atoms with Gasteiger partial charge in [-0.25, -0.2) is 81.7 Å². The fourth-order valence-electron chi connectivity index (χ4n) is 13.6. The van der Waals surface area contributed by atoms with Gasteiger partial charge >= 0.3 is 85.0 Å². The SMILES string of the molecule is CC(C)(C)OC(=O)N[C@@H](CCCCNC(=O)OCc1ccc(N=[N+]=[N-])cc1)C(=O)O[C@H]1[C@@H](O)[C@H](n2cnc3c(N)ncnc32)O[C@@H]1COP(=O)(O)O[C@H]1C[C@H](n2ccc(N)nc2=O)O[C@@H]1COP(=O)(O)O.O=C(O)C(F)(F)F.[N-]=[N+]=Nc1ccc(COC(=O)NCCCC[C@H](N)C(=O)O[C@H]2[C@@H](O)[C@H](n3cnc4c(N)ncnc43)O[C@@H]2COP(=O)(O)O[C@H]2C[C@H](n3ccc(N)nc3=O)O[C@@H]2COP(=O)(O)O)cc1. The number of amides is 3. The van der Waals surface area contributed by atoms with E-state index in [2.05, 4.69) is 84.9 Å². The molecular formula is C73H95F3N26O36P4. The molecule has 6 aromatic heterocycles. The van der Waals surface area contributed by atoms with Crippen LogP contribution in [0, 0.1) is 0 Å². The zero-order chi connectivity index (χ0) is 104. The molecule has 142 heavy (non-hydrogen) atoms. The number of unbranched alkanes of at least 4 members (excludes halogenated alkanes) is 2. The molecule has 10 heterocycles. The number of hydrogen-bond donors (Lipinski definition) is 17. The molecule has 0 saturated carbocycles. The molecule has 4 aliphatic rings. The number of halogens is 3. The number of anilines is 4. The number of phosphoric ester groups is 4. The summed E-state index contributed by atoms with van der Waals surface area (Å²) in [5.74, 6) is -5.12. The molecule has 0 spiro atoms. The summed E-state index contributed by atoms with van der Waals surface area (Å²) in [7, 11) is -20.7. The number of aliphatic carboxylic acids is 1. The summed E-state index contributed by atoms with van der Waals surface area (Å²) in [6.45, 7) is 1.36. The lowest BCUT2D eigenvalue weighted by Crippen LogP contribution is -2.47. The number of nitrogen functional groups attached to an aromatic ring is 4. The molecule has 2 aromatic carbocycles. The number of nitrogens with zero attached hydrogens (tertiary/aromatic N) is 18. The molecule has 12 rings (SSSR count). The number of nitrogens with one attached hydrogen (secondary N) is 3. The maximum Gasteiger partial charge on any atom is 0.490 e. The van der Waals surface area contributed by atoms with Gasteiger partial charge in [-0.2, -0.15) is 23.1 Å². The van der Waals surface area contributed by atoms with E-state index < -0.39 is 215 Å². The minimum absolute atomic E-state index is 0.00547. The second-order valence-corrected chi connectivity index (χ2v) is 36.9. The van der Waals surface area contributed by atoms with Crippen molar-refractivity contribution in [1.29, 1.82) is 0 Å². The van der Waals surface area contributed by atoms with Gasteiger partial charge in [-0.1, -0.05) is 58.8 Å². The molecule has 62 nitrogen and oxygen atoms in total. The molecule has 0 radical (unpaired) electrons. The molecule has 3 amide bonds. The van der Waals surface area contributed by atoms with Gasteiger partial charge in [0.25, 0.3) is 0 Å². The Bertz CT molecular complexity index is 6170. The van der Waals surface area contributed by atoms with Crippen molar-refractivity contribution in [1.82, 2.24) is 74.1 Å². The largest absolute Gasteiger partial charge is 0.490 e. The molecule has 18 atom stereocenters. The number of rotatable bonds is 41. The molecule has 8 aromatic rings. The van der Waals surface area contributed by atoms with Crippen molar-refractivity contribution in [2.24, 2.45) is 16.0 Å². The molecule has 0 aliphatic carbocycles. The first-order chi connectivity index (χ1) is 66.8. The van der Waals surface area contributed by atoms with Gasteiger partial charge in [0.2, 0.25) is 0 Å². The van der Waals surface area contributed by atoms with Crippen LogP contribution in [0.4, 0.5) is 62.2 Å². The van der Waals surface area contributed by atoms with Crippen molar-refractivity contribution in [3.05, 3.63) is 151 Å². The van der Waals surface area contributed by atoms with E-state index >= 15 is 0 Å². The highest BCUT2D eigenvalue weighted by atomic mass is 31.2. The number of carboxylic acids is 1. The number of nitrogens with two attached hydrogens (primary N) is 5. The number of esters is 2. The Morgan fingerprint density at radius 3 is 1.32 bits per heavy atom. The average molecular weight is 2090 g/mol. The number of carbonyl (C=O) groups is 6. The van der Waals surface area contributed by atoms with Gasteiger partial charge in [0.1, 0.15) is 128 Å². The van der Waals surface area contributed by atoms with Crippen molar-refractivity contribution < 1.29 is 175 Å². The number of hydrogen-bond acceptors (Lipinski definition) is 44. The zero-order valence-corrected chi connectivity index (χ0v) is 77.8. The summed E-state index contributed by atoms with van der Waals surface area (Å²) >= 11 is 0. The van der Waals surface area contributed by atoms with Crippen LogP contribution < -0.4 is 56.0 Å². The quantitative estimate of drug-likeness (QED) is 0.00495. The summed E-state index contributed by atoms with van der Waals surface area (Å²) < 4.78 is 167. The summed E-state index contributed by atoms with van der Waals surface area (Å²) in [5, 5.41) is 45.0. The maximum absolute atomic E-state index is 14.1. The van der Waals surface area contributed by atoms with Crippen LogP contribution >= 0.6 is 31.3 Å². The second kappa shape index (κ2) is 49.3. The average Bonchev–Trinajstić information content (AvgIpc) is 1.62. The van der Waals surface area contributed by atoms with E-state index in [1.807, 2.05) is 0 Å². The lowest BCUT2D eigenvalue weighted by molar-refractivity contribution is -0.192. The fraction of sp³-hybridized carbons (Fsp3) is 0.507. The minimum Gasteiger partial charge on any atom is -0.475 e. The van der Waals surface area contributed by atoms with Crippen molar-refractivity contribution in [3.8, 4) is 0 Å². The predicted octanol–water partition coefficient (Wildman–Crippen LogP) is 3.56. The van der Waals surface area contributed by atoms with Gasteiger partial charge in [-0.15, -0.1) is 0 Å². The Hall–Kier alpha value is -12.7. The second-order valence-electron chi connectivity index (χ2n) is 31.6. The van der Waals surface area contributed by atoms with E-state index in [0.29, 0.717) is 35.3 Å². The van der Waals surface area contributed by atoms with Crippen molar-refractivity contribution in [3.63, 3.8) is 0 Å². The Balaban J connectivity index is 0.000000274. The summed E-state index contributed by atoms with van der Waals surface area (Å²) in [6.07, 6.45) is -21.2. The van der Waals surface area contributed by atoms with E-state index in [1.54, 1.807) is 69.3 Å². The monoisotopic (exact) mass is 2090 g/mol. The van der Waals surface area contributed by atoms with Gasteiger partial charge in [-0.05, 0) is 93.6 Å². The summed E-state index contributed by atoms with van der Waals surface area (Å²) in [6, 6.07) is 12.6. The number of imidazole rings is 2. The number of alkyl carbamates (subject to hydrolysis) is 3. The number of azide groups is 2. The van der Waals surface area contributed by atoms with Crippen LogP contribution in [-0.4, -0.2) is 263 Å². The van der Waals surface area contributed by atoms with E-state index in [-0.39, 0.29) is 110 Å². The number of benzene rings is 2. The molecule has 0 bridgehead atoms. The Kier molecular flexibility index (Phi) is 38.6. The van der Waals surface area contributed by atoms with Crippen molar-refractivity contribution in [2.75, 3.05) is 62.5 Å². The van der Waals surface area contributed by atoms with E-state index in [1.165, 1.54) is 46.3 Å². The van der Waals surface area contributed by atoms with Crippen molar-refractivity contribution >= 4 is 124 Å². The molecule has 2 unspecified atom stereocenters. The molecule has 774 valence electrons. The van der Waals surface area contributed by atoms with Crippen LogP contribution in [0.3, 0.4) is 0 Å². The van der Waals surface area contributed by atoms with Gasteiger partial charge in [0.05, 0.1) is 39.1 Å². The normalized spacial score (nSPS) is 22.4. The predicted molar refractivity (Wildman–Crippen MR) is 469 cm³/mol. The van der Waals surface area contributed by atoms with Gasteiger partial charge < -0.3 is 132 Å². The first-order valence-electron chi connectivity index (χ1n) is 41.6. The van der Waals surface area contributed by atoms with Gasteiger partial charge in [0.15, 0.2) is 47.6 Å². The number of aliphatic hydroxyl groups excluding tert-OH is 2. The molecule has 4 aliphatic heterocycles. The summed E-state index contributed by atoms with van der Waals surface area (Å²) in [4.78, 5) is 195. The Morgan fingerprint density at radius 1 is 0.549 bits per heavy atom. The highest BCUT2D eigenvalue weighted by molar-refractivity contribution is 7.47. The minimum atomic E-state index is -5.29. The van der Waals surface area contributed by atoms with Crippen LogP contribution in [0.1, 0.15) is 108 Å². The number of carbonyl (C=O) groups excluding carboxylic acids is 5. The number of carboxylic acid groups (broad SMARTS) is 1. The number of fused-ring (bicyclic) bond motifs is 2. The number of aromatic nitrogens is 12. The fourth-order valence-corrected chi connectivity index (χ4v) is 16.2. The lowest BCUT2D eigenvalue weighted by atomic mass is 10.1. The lowest BCUT2D eigenvalue weighted by Gasteiger charge is -2.26. The molecule has 22 N–H and O–H groups in total. The Morgan fingerprint density at radius 2 is 0.944 bits per heavy atom. The Labute approximate surface area is 795 Å². The highest BCUT2D eigenvalue weighted by Gasteiger charge is 2.53. The molecule has 69 heteroatoms. The smallest absolute Gasteiger partial charge is 0.475 e. The third kappa shape index (κ3) is 32.9. The van der Waals surface area contributed by atoms with E-state index in [9.17, 15) is 105 Å². The number of alkyl halides is 3. The zero-order valence-electron chi connectivity index (χ0n) is 74.2. The first kappa shape index (κ1) is 111. The third-order valence-corrected chi connectivity index (χ3v) is 23.1. The molecule has 4 fully saturated rings. The van der Waals surface area contributed by atoms with Gasteiger partial charge in [0, 0.05) is 59.5 Å². The third-order valence-electron chi connectivity index (χ3n) is 20.1. The van der Waals surface area contributed by atoms with Gasteiger partial charge in [-0.3, -0.25) is 50.2 Å². The molecular weight excluding hydrogens is 2000 g/mol. The highest BCUT2D eigenvalue weighted by Crippen LogP contribution is 2.52. The van der Waals surface area contributed by atoms with E-state index in [0.717, 1.165) is 21.8 Å². The molecule has 4 saturated heterocycles. The topological polar surface area (TPSA) is 912 Å². The van der Waals surface area contributed by atoms with Crippen molar-refractivity contribution in [2.45, 2.75) is 195 Å².